The lowest BCUT2D eigenvalue weighted by Crippen LogP contribution is -2.22. The Hall–Kier alpha value is -3.47. The predicted octanol–water partition coefficient (Wildman–Crippen LogP) is 5.49. The van der Waals surface area contributed by atoms with Crippen LogP contribution in [0.15, 0.2) is 78.9 Å². The first-order valence-corrected chi connectivity index (χ1v) is 10.2. The number of amides is 1. The summed E-state index contributed by atoms with van der Waals surface area (Å²) in [4.78, 5) is 12.4. The first-order chi connectivity index (χ1) is 14.6. The Morgan fingerprint density at radius 2 is 1.63 bits per heavy atom. The number of ether oxygens (including phenoxy) is 2. The van der Waals surface area contributed by atoms with Crippen molar-refractivity contribution in [1.29, 1.82) is 0 Å². The fourth-order valence-corrected chi connectivity index (χ4v) is 2.77. The van der Waals surface area contributed by atoms with Gasteiger partial charge in [-0.3, -0.25) is 4.79 Å². The summed E-state index contributed by atoms with van der Waals surface area (Å²) in [6.45, 7) is 4.72. The van der Waals surface area contributed by atoms with Crippen LogP contribution in [0.2, 0.25) is 0 Å². The van der Waals surface area contributed by atoms with Gasteiger partial charge in [-0.25, -0.2) is 0 Å². The molecule has 1 atom stereocenters. The van der Waals surface area contributed by atoms with Crippen molar-refractivity contribution in [2.75, 3.05) is 17.2 Å². The topological polar surface area (TPSA) is 59.6 Å². The number of para-hydroxylation sites is 2. The normalized spacial score (nSPS) is 11.4. The van der Waals surface area contributed by atoms with E-state index in [2.05, 4.69) is 17.6 Å². The second kappa shape index (κ2) is 10.9. The van der Waals surface area contributed by atoms with E-state index in [4.69, 9.17) is 9.47 Å². The van der Waals surface area contributed by atoms with Crippen molar-refractivity contribution < 1.29 is 14.3 Å². The van der Waals surface area contributed by atoms with Crippen molar-refractivity contribution in [1.82, 2.24) is 0 Å². The van der Waals surface area contributed by atoms with Crippen LogP contribution < -0.4 is 20.1 Å². The highest BCUT2D eigenvalue weighted by Gasteiger charge is 2.08. The Bertz CT molecular complexity index is 927. The highest BCUT2D eigenvalue weighted by atomic mass is 16.5. The molecule has 3 aromatic carbocycles. The molecule has 30 heavy (non-hydrogen) atoms. The van der Waals surface area contributed by atoms with Crippen LogP contribution in [0.25, 0.3) is 0 Å². The Morgan fingerprint density at radius 3 is 2.37 bits per heavy atom. The summed E-state index contributed by atoms with van der Waals surface area (Å²) in [5.74, 6) is 1.32. The second-order valence-electron chi connectivity index (χ2n) is 7.03. The van der Waals surface area contributed by atoms with Gasteiger partial charge in [-0.15, -0.1) is 0 Å². The minimum absolute atomic E-state index is 0.148. The molecule has 5 nitrogen and oxygen atoms in total. The standard InChI is InChI=1S/C25H28N2O3/c1-3-19(2)30-22-15-13-21(14-16-22)26-17-25(28)27-23-11-7-8-12-24(23)29-18-20-9-5-4-6-10-20/h4-16,19,26H,3,17-18H2,1-2H3,(H,27,28). The molecule has 0 aliphatic carbocycles. The quantitative estimate of drug-likeness (QED) is 0.469. The SMILES string of the molecule is CCC(C)Oc1ccc(NCC(=O)Nc2ccccc2OCc2ccccc2)cc1. The van der Waals surface area contributed by atoms with Crippen molar-refractivity contribution in [3.63, 3.8) is 0 Å². The fraction of sp³-hybridized carbons (Fsp3) is 0.240. The van der Waals surface area contributed by atoms with Crippen LogP contribution in [-0.4, -0.2) is 18.6 Å². The summed E-state index contributed by atoms with van der Waals surface area (Å²) in [6.07, 6.45) is 1.13. The molecule has 3 rings (SSSR count). The van der Waals surface area contributed by atoms with E-state index in [1.807, 2.05) is 85.8 Å². The number of carbonyl (C=O) groups excluding carboxylic acids is 1. The van der Waals surface area contributed by atoms with Crippen LogP contribution >= 0.6 is 0 Å². The molecular weight excluding hydrogens is 376 g/mol. The van der Waals surface area contributed by atoms with E-state index < -0.39 is 0 Å². The fourth-order valence-electron chi connectivity index (χ4n) is 2.77. The number of hydrogen-bond donors (Lipinski definition) is 2. The van der Waals surface area contributed by atoms with E-state index in [1.54, 1.807) is 0 Å². The summed E-state index contributed by atoms with van der Waals surface area (Å²) in [5.41, 5.74) is 2.58. The lowest BCUT2D eigenvalue weighted by Gasteiger charge is -2.14. The Balaban J connectivity index is 1.51. The average molecular weight is 405 g/mol. The average Bonchev–Trinajstić information content (AvgIpc) is 2.78. The van der Waals surface area contributed by atoms with Crippen LogP contribution in [0.1, 0.15) is 25.8 Å². The summed E-state index contributed by atoms with van der Waals surface area (Å²) in [6, 6.07) is 25.0. The van der Waals surface area contributed by atoms with Crippen LogP contribution in [0.4, 0.5) is 11.4 Å². The van der Waals surface area contributed by atoms with Crippen molar-refractivity contribution in [3.05, 3.63) is 84.4 Å². The van der Waals surface area contributed by atoms with Gasteiger partial charge >= 0.3 is 0 Å². The molecular formula is C25H28N2O3. The maximum atomic E-state index is 12.4. The van der Waals surface area contributed by atoms with Crippen molar-refractivity contribution in [2.24, 2.45) is 0 Å². The number of benzene rings is 3. The minimum Gasteiger partial charge on any atom is -0.491 e. The van der Waals surface area contributed by atoms with Crippen molar-refractivity contribution in [3.8, 4) is 11.5 Å². The molecule has 0 saturated carbocycles. The van der Waals surface area contributed by atoms with E-state index >= 15 is 0 Å². The van der Waals surface area contributed by atoms with Crippen molar-refractivity contribution >= 4 is 17.3 Å². The zero-order chi connectivity index (χ0) is 21.2. The number of nitrogens with one attached hydrogen (secondary N) is 2. The number of hydrogen-bond acceptors (Lipinski definition) is 4. The second-order valence-corrected chi connectivity index (χ2v) is 7.03. The van der Waals surface area contributed by atoms with Crippen LogP contribution in [0.5, 0.6) is 11.5 Å². The summed E-state index contributed by atoms with van der Waals surface area (Å²) < 4.78 is 11.7. The predicted molar refractivity (Wildman–Crippen MR) is 121 cm³/mol. The summed E-state index contributed by atoms with van der Waals surface area (Å²) in [7, 11) is 0. The Kier molecular flexibility index (Phi) is 7.72. The molecule has 0 aliphatic rings. The number of carbonyl (C=O) groups is 1. The van der Waals surface area contributed by atoms with E-state index in [0.717, 1.165) is 23.4 Å². The Labute approximate surface area is 178 Å². The third-order valence-electron chi connectivity index (χ3n) is 4.62. The van der Waals surface area contributed by atoms with Gasteiger partial charge < -0.3 is 20.1 Å². The molecule has 0 aliphatic heterocycles. The number of anilines is 2. The molecule has 0 spiro atoms. The maximum absolute atomic E-state index is 12.4. The van der Waals surface area contributed by atoms with Crippen LogP contribution in [0, 0.1) is 0 Å². The van der Waals surface area contributed by atoms with Gasteiger partial charge in [0.2, 0.25) is 5.91 Å². The van der Waals surface area contributed by atoms with Gasteiger partial charge in [0.25, 0.3) is 0 Å². The molecule has 0 fully saturated rings. The highest BCUT2D eigenvalue weighted by molar-refractivity contribution is 5.95. The molecule has 0 heterocycles. The first kappa shape index (κ1) is 21.2. The monoisotopic (exact) mass is 404 g/mol. The van der Waals surface area contributed by atoms with Crippen LogP contribution in [-0.2, 0) is 11.4 Å². The van der Waals surface area contributed by atoms with Gasteiger partial charge in [0.15, 0.2) is 0 Å². The van der Waals surface area contributed by atoms with Gasteiger partial charge in [0.05, 0.1) is 18.3 Å². The van der Waals surface area contributed by atoms with E-state index in [-0.39, 0.29) is 18.6 Å². The highest BCUT2D eigenvalue weighted by Crippen LogP contribution is 2.25. The summed E-state index contributed by atoms with van der Waals surface area (Å²) in [5, 5.41) is 6.04. The van der Waals surface area contributed by atoms with Gasteiger partial charge in [0.1, 0.15) is 18.1 Å². The molecule has 0 aromatic heterocycles. The maximum Gasteiger partial charge on any atom is 0.243 e. The third kappa shape index (κ3) is 6.55. The Morgan fingerprint density at radius 1 is 0.933 bits per heavy atom. The lowest BCUT2D eigenvalue weighted by molar-refractivity contribution is -0.114. The first-order valence-electron chi connectivity index (χ1n) is 10.2. The molecule has 1 unspecified atom stereocenters. The lowest BCUT2D eigenvalue weighted by atomic mass is 10.2. The number of rotatable bonds is 10. The molecule has 5 heteroatoms. The molecule has 1 amide bonds. The van der Waals surface area contributed by atoms with E-state index in [1.165, 1.54) is 0 Å². The van der Waals surface area contributed by atoms with Gasteiger partial charge in [-0.1, -0.05) is 49.4 Å². The van der Waals surface area contributed by atoms with Gasteiger partial charge in [-0.2, -0.15) is 0 Å². The summed E-state index contributed by atoms with van der Waals surface area (Å²) >= 11 is 0. The molecule has 0 bridgehead atoms. The molecule has 3 aromatic rings. The largest absolute Gasteiger partial charge is 0.491 e. The van der Waals surface area contributed by atoms with Crippen LogP contribution in [0.3, 0.4) is 0 Å². The molecule has 0 saturated heterocycles. The molecule has 2 N–H and O–H groups in total. The smallest absolute Gasteiger partial charge is 0.243 e. The van der Waals surface area contributed by atoms with Gasteiger partial charge in [-0.05, 0) is 55.3 Å². The molecule has 156 valence electrons. The van der Waals surface area contributed by atoms with Crippen molar-refractivity contribution in [2.45, 2.75) is 33.0 Å². The van der Waals surface area contributed by atoms with E-state index in [0.29, 0.717) is 18.0 Å². The molecule has 0 radical (unpaired) electrons. The third-order valence-corrected chi connectivity index (χ3v) is 4.62. The van der Waals surface area contributed by atoms with E-state index in [9.17, 15) is 4.79 Å². The minimum atomic E-state index is -0.148. The van der Waals surface area contributed by atoms with Gasteiger partial charge in [0, 0.05) is 5.69 Å². The zero-order valence-corrected chi connectivity index (χ0v) is 17.4. The zero-order valence-electron chi connectivity index (χ0n) is 17.4.